The van der Waals surface area contributed by atoms with Crippen LogP contribution in [0, 0.1) is 0 Å². The minimum atomic E-state index is 0.0779. The standard InChI is InChI=1S/C13H18N4O/c1-2-6-15-13(18)5-7-17-9-16-11-8-10(14)3-4-12(11)17/h3-4,8-9H,2,5-7,14H2,1H3,(H,15,18). The predicted octanol–water partition coefficient (Wildman–Crippen LogP) is 1.53. The number of carbonyl (C=O) groups is 1. The number of nitrogens with two attached hydrogens (primary N) is 1. The maximum atomic E-state index is 11.5. The zero-order valence-electron chi connectivity index (χ0n) is 10.5. The summed E-state index contributed by atoms with van der Waals surface area (Å²) in [6.07, 6.45) is 3.17. The van der Waals surface area contributed by atoms with Gasteiger partial charge in [0.05, 0.1) is 17.4 Å². The van der Waals surface area contributed by atoms with Gasteiger partial charge in [-0.25, -0.2) is 4.98 Å². The van der Waals surface area contributed by atoms with Crippen LogP contribution in [-0.2, 0) is 11.3 Å². The van der Waals surface area contributed by atoms with Crippen LogP contribution >= 0.6 is 0 Å². The predicted molar refractivity (Wildman–Crippen MR) is 72.1 cm³/mol. The van der Waals surface area contributed by atoms with Crippen LogP contribution in [0.1, 0.15) is 19.8 Å². The number of nitrogens with one attached hydrogen (secondary N) is 1. The van der Waals surface area contributed by atoms with Gasteiger partial charge < -0.3 is 15.6 Å². The largest absolute Gasteiger partial charge is 0.399 e. The van der Waals surface area contributed by atoms with Gasteiger partial charge >= 0.3 is 0 Å². The third-order valence-corrected chi connectivity index (χ3v) is 2.80. The first-order valence-electron chi connectivity index (χ1n) is 6.17. The number of fused-ring (bicyclic) bond motifs is 1. The maximum Gasteiger partial charge on any atom is 0.221 e. The van der Waals surface area contributed by atoms with Gasteiger partial charge in [-0.15, -0.1) is 0 Å². The average Bonchev–Trinajstić information content (AvgIpc) is 2.76. The third kappa shape index (κ3) is 2.80. The lowest BCUT2D eigenvalue weighted by atomic mass is 10.3. The van der Waals surface area contributed by atoms with Crippen LogP contribution < -0.4 is 11.1 Å². The molecule has 0 atom stereocenters. The lowest BCUT2D eigenvalue weighted by molar-refractivity contribution is -0.121. The number of carbonyl (C=O) groups excluding carboxylic acids is 1. The molecule has 0 aliphatic carbocycles. The van der Waals surface area contributed by atoms with Crippen LogP contribution in [0.4, 0.5) is 5.69 Å². The van der Waals surface area contributed by atoms with Crippen LogP contribution in [0.15, 0.2) is 24.5 Å². The van der Waals surface area contributed by atoms with Crippen molar-refractivity contribution in [2.45, 2.75) is 26.3 Å². The lowest BCUT2D eigenvalue weighted by Crippen LogP contribution is -2.24. The SMILES string of the molecule is CCCNC(=O)CCn1cnc2cc(N)ccc21. The van der Waals surface area contributed by atoms with Crippen LogP contribution in [0.25, 0.3) is 11.0 Å². The zero-order valence-corrected chi connectivity index (χ0v) is 10.5. The van der Waals surface area contributed by atoms with E-state index in [1.807, 2.05) is 29.7 Å². The van der Waals surface area contributed by atoms with Crippen molar-refractivity contribution in [1.29, 1.82) is 0 Å². The van der Waals surface area contributed by atoms with Gasteiger partial charge in [0.2, 0.25) is 5.91 Å². The highest BCUT2D eigenvalue weighted by atomic mass is 16.1. The highest BCUT2D eigenvalue weighted by Gasteiger charge is 2.05. The molecule has 5 heteroatoms. The van der Waals surface area contributed by atoms with Crippen molar-refractivity contribution in [2.24, 2.45) is 0 Å². The lowest BCUT2D eigenvalue weighted by Gasteiger charge is -2.05. The van der Waals surface area contributed by atoms with Crippen molar-refractivity contribution in [3.8, 4) is 0 Å². The van der Waals surface area contributed by atoms with Crippen molar-refractivity contribution >= 4 is 22.6 Å². The number of hydrogen-bond acceptors (Lipinski definition) is 3. The normalized spacial score (nSPS) is 10.7. The van der Waals surface area contributed by atoms with E-state index in [4.69, 9.17) is 5.73 Å². The van der Waals surface area contributed by atoms with Gasteiger partial charge in [-0.3, -0.25) is 4.79 Å². The third-order valence-electron chi connectivity index (χ3n) is 2.80. The molecular formula is C13H18N4O. The molecule has 0 spiro atoms. The Morgan fingerprint density at radius 1 is 1.50 bits per heavy atom. The Hall–Kier alpha value is -2.04. The molecule has 5 nitrogen and oxygen atoms in total. The zero-order chi connectivity index (χ0) is 13.0. The molecule has 1 aromatic heterocycles. The Kier molecular flexibility index (Phi) is 3.82. The summed E-state index contributed by atoms with van der Waals surface area (Å²) in [6.45, 7) is 3.41. The molecule has 2 rings (SSSR count). The molecule has 0 aliphatic heterocycles. The summed E-state index contributed by atoms with van der Waals surface area (Å²) in [5.74, 6) is 0.0779. The van der Waals surface area contributed by atoms with Crippen molar-refractivity contribution in [3.63, 3.8) is 0 Å². The van der Waals surface area contributed by atoms with E-state index in [1.165, 1.54) is 0 Å². The summed E-state index contributed by atoms with van der Waals surface area (Å²) in [6, 6.07) is 5.61. The van der Waals surface area contributed by atoms with Crippen molar-refractivity contribution < 1.29 is 4.79 Å². The Labute approximate surface area is 106 Å². The molecule has 96 valence electrons. The second-order valence-corrected chi connectivity index (χ2v) is 4.29. The molecule has 18 heavy (non-hydrogen) atoms. The average molecular weight is 246 g/mol. The molecule has 3 N–H and O–H groups in total. The van der Waals surface area contributed by atoms with E-state index in [0.717, 1.165) is 24.0 Å². The fourth-order valence-electron chi connectivity index (χ4n) is 1.83. The van der Waals surface area contributed by atoms with E-state index in [-0.39, 0.29) is 5.91 Å². The Morgan fingerprint density at radius 3 is 3.11 bits per heavy atom. The molecule has 0 saturated carbocycles. The van der Waals surface area contributed by atoms with Crippen molar-refractivity contribution in [3.05, 3.63) is 24.5 Å². The van der Waals surface area contributed by atoms with Gasteiger partial charge in [0.25, 0.3) is 0 Å². The number of nitrogen functional groups attached to an aromatic ring is 1. The number of anilines is 1. The Morgan fingerprint density at radius 2 is 2.33 bits per heavy atom. The van der Waals surface area contributed by atoms with Gasteiger partial charge in [-0.05, 0) is 24.6 Å². The van der Waals surface area contributed by atoms with Crippen molar-refractivity contribution in [2.75, 3.05) is 12.3 Å². The van der Waals surface area contributed by atoms with E-state index in [2.05, 4.69) is 10.3 Å². The van der Waals surface area contributed by atoms with Gasteiger partial charge in [0, 0.05) is 25.2 Å². The fraction of sp³-hybridized carbons (Fsp3) is 0.385. The number of aryl methyl sites for hydroxylation is 1. The molecule has 0 fully saturated rings. The number of nitrogens with zero attached hydrogens (tertiary/aromatic N) is 2. The van der Waals surface area contributed by atoms with Crippen molar-refractivity contribution in [1.82, 2.24) is 14.9 Å². The molecule has 0 saturated heterocycles. The molecule has 0 aliphatic rings. The van der Waals surface area contributed by atoms with Crippen LogP contribution in [-0.4, -0.2) is 22.0 Å². The van der Waals surface area contributed by atoms with E-state index < -0.39 is 0 Å². The van der Waals surface area contributed by atoms with Crippen LogP contribution in [0.2, 0.25) is 0 Å². The quantitative estimate of drug-likeness (QED) is 0.786. The second kappa shape index (κ2) is 5.53. The maximum absolute atomic E-state index is 11.5. The fourth-order valence-corrected chi connectivity index (χ4v) is 1.83. The van der Waals surface area contributed by atoms with Gasteiger partial charge in [-0.2, -0.15) is 0 Å². The summed E-state index contributed by atoms with van der Waals surface area (Å²) in [7, 11) is 0. The number of hydrogen-bond donors (Lipinski definition) is 2. The number of rotatable bonds is 5. The first kappa shape index (κ1) is 12.4. The Bertz CT molecular complexity index is 547. The molecule has 2 aromatic rings. The number of aromatic nitrogens is 2. The molecule has 1 heterocycles. The first-order valence-corrected chi connectivity index (χ1v) is 6.17. The van der Waals surface area contributed by atoms with Crippen LogP contribution in [0.5, 0.6) is 0 Å². The van der Waals surface area contributed by atoms with E-state index in [0.29, 0.717) is 18.7 Å². The number of amides is 1. The van der Waals surface area contributed by atoms with Gasteiger partial charge in [0.1, 0.15) is 0 Å². The van der Waals surface area contributed by atoms with Gasteiger partial charge in [-0.1, -0.05) is 6.92 Å². The van der Waals surface area contributed by atoms with E-state index in [9.17, 15) is 4.79 Å². The highest BCUT2D eigenvalue weighted by molar-refractivity contribution is 5.79. The molecule has 0 bridgehead atoms. The molecule has 0 unspecified atom stereocenters. The monoisotopic (exact) mass is 246 g/mol. The highest BCUT2D eigenvalue weighted by Crippen LogP contribution is 2.16. The minimum Gasteiger partial charge on any atom is -0.399 e. The number of imidazole rings is 1. The van der Waals surface area contributed by atoms with Crippen LogP contribution in [0.3, 0.4) is 0 Å². The number of benzene rings is 1. The Balaban J connectivity index is 2.02. The topological polar surface area (TPSA) is 72.9 Å². The molecular weight excluding hydrogens is 228 g/mol. The first-order chi connectivity index (χ1) is 8.70. The summed E-state index contributed by atoms with van der Waals surface area (Å²) in [4.78, 5) is 15.8. The molecule has 1 amide bonds. The van der Waals surface area contributed by atoms with E-state index >= 15 is 0 Å². The van der Waals surface area contributed by atoms with Gasteiger partial charge in [0.15, 0.2) is 0 Å². The van der Waals surface area contributed by atoms with E-state index in [1.54, 1.807) is 6.33 Å². The molecule has 1 aromatic carbocycles. The molecule has 0 radical (unpaired) electrons. The summed E-state index contributed by atoms with van der Waals surface area (Å²) >= 11 is 0. The summed E-state index contributed by atoms with van der Waals surface area (Å²) < 4.78 is 1.97. The minimum absolute atomic E-state index is 0.0779. The smallest absolute Gasteiger partial charge is 0.221 e. The summed E-state index contributed by atoms with van der Waals surface area (Å²) in [5, 5.41) is 2.86. The summed E-state index contributed by atoms with van der Waals surface area (Å²) in [5.41, 5.74) is 8.27. The second-order valence-electron chi connectivity index (χ2n) is 4.29.